The van der Waals surface area contributed by atoms with E-state index in [0.717, 1.165) is 12.8 Å². The summed E-state index contributed by atoms with van der Waals surface area (Å²) < 4.78 is 0. The van der Waals surface area contributed by atoms with Crippen LogP contribution in [0.1, 0.15) is 11.3 Å². The van der Waals surface area contributed by atoms with E-state index >= 15 is 0 Å². The zero-order valence-corrected chi connectivity index (χ0v) is 5.75. The van der Waals surface area contributed by atoms with E-state index in [-0.39, 0.29) is 0 Å². The lowest BCUT2D eigenvalue weighted by Crippen LogP contribution is -2.19. The predicted octanol–water partition coefficient (Wildman–Crippen LogP) is 0.508. The first kappa shape index (κ1) is 5.86. The van der Waals surface area contributed by atoms with Crippen molar-refractivity contribution in [2.24, 2.45) is 5.73 Å². The quantitative estimate of drug-likeness (QED) is 0.561. The zero-order chi connectivity index (χ0) is 6.97. The number of hydrogen-bond donors (Lipinski definition) is 1. The molecule has 1 atom stereocenters. The lowest BCUT2D eigenvalue weighted by molar-refractivity contribution is 0.716. The summed E-state index contributed by atoms with van der Waals surface area (Å²) >= 11 is 0. The normalized spacial score (nSPS) is 22.7. The van der Waals surface area contributed by atoms with E-state index in [2.05, 4.69) is 11.1 Å². The Labute approximate surface area is 60.1 Å². The Morgan fingerprint density at radius 3 is 3.20 bits per heavy atom. The molecule has 10 heavy (non-hydrogen) atoms. The second-order valence-electron chi connectivity index (χ2n) is 2.78. The Bertz CT molecular complexity index is 220. The minimum absolute atomic E-state index is 0.310. The first-order valence-electron chi connectivity index (χ1n) is 3.54. The van der Waals surface area contributed by atoms with Crippen molar-refractivity contribution in [1.29, 1.82) is 0 Å². The average molecular weight is 134 g/mol. The molecule has 0 aliphatic heterocycles. The minimum Gasteiger partial charge on any atom is -0.327 e. The standard InChI is InChI=1S/C8H10N2/c9-7-4-6-2-1-3-10-8(6)5-7/h1-3,7H,4-5,9H2/t7-/m0/s1. The Kier molecular flexibility index (Phi) is 1.21. The number of nitrogens with zero attached hydrogens (tertiary/aromatic N) is 1. The molecule has 0 saturated carbocycles. The highest BCUT2D eigenvalue weighted by Gasteiger charge is 2.17. The predicted molar refractivity (Wildman–Crippen MR) is 39.6 cm³/mol. The Morgan fingerprint density at radius 2 is 2.40 bits per heavy atom. The number of nitrogens with two attached hydrogens (primary N) is 1. The molecule has 2 N–H and O–H groups in total. The van der Waals surface area contributed by atoms with Gasteiger partial charge >= 0.3 is 0 Å². The highest BCUT2D eigenvalue weighted by Crippen LogP contribution is 2.17. The fourth-order valence-electron chi connectivity index (χ4n) is 1.44. The van der Waals surface area contributed by atoms with Crippen molar-refractivity contribution in [3.05, 3.63) is 29.6 Å². The second-order valence-corrected chi connectivity index (χ2v) is 2.78. The van der Waals surface area contributed by atoms with Gasteiger partial charge in [-0.2, -0.15) is 0 Å². The Morgan fingerprint density at radius 1 is 1.50 bits per heavy atom. The van der Waals surface area contributed by atoms with Crippen molar-refractivity contribution >= 4 is 0 Å². The molecule has 0 saturated heterocycles. The van der Waals surface area contributed by atoms with Gasteiger partial charge in [-0.25, -0.2) is 0 Å². The van der Waals surface area contributed by atoms with Gasteiger partial charge in [0.25, 0.3) is 0 Å². The lowest BCUT2D eigenvalue weighted by atomic mass is 10.2. The van der Waals surface area contributed by atoms with Crippen LogP contribution in [0.15, 0.2) is 18.3 Å². The molecule has 0 amide bonds. The molecule has 1 aromatic rings. The molecule has 2 nitrogen and oxygen atoms in total. The van der Waals surface area contributed by atoms with Gasteiger partial charge in [-0.3, -0.25) is 4.98 Å². The summed E-state index contributed by atoms with van der Waals surface area (Å²) in [5.74, 6) is 0. The maximum Gasteiger partial charge on any atom is 0.0451 e. The maximum absolute atomic E-state index is 5.74. The van der Waals surface area contributed by atoms with E-state index in [1.807, 2.05) is 12.3 Å². The fourth-order valence-corrected chi connectivity index (χ4v) is 1.44. The van der Waals surface area contributed by atoms with Gasteiger partial charge in [-0.15, -0.1) is 0 Å². The van der Waals surface area contributed by atoms with Crippen LogP contribution in [-0.4, -0.2) is 11.0 Å². The first-order valence-corrected chi connectivity index (χ1v) is 3.54. The number of aromatic nitrogens is 1. The fraction of sp³-hybridized carbons (Fsp3) is 0.375. The molecule has 1 aromatic heterocycles. The van der Waals surface area contributed by atoms with E-state index in [9.17, 15) is 0 Å². The summed E-state index contributed by atoms with van der Waals surface area (Å²) in [5.41, 5.74) is 8.26. The molecule has 0 aromatic carbocycles. The van der Waals surface area contributed by atoms with E-state index in [1.165, 1.54) is 11.3 Å². The molecule has 1 aliphatic rings. The van der Waals surface area contributed by atoms with Crippen LogP contribution in [0.3, 0.4) is 0 Å². The van der Waals surface area contributed by atoms with Gasteiger partial charge in [-0.05, 0) is 18.1 Å². The molecule has 1 aliphatic carbocycles. The van der Waals surface area contributed by atoms with E-state index in [0.29, 0.717) is 6.04 Å². The zero-order valence-electron chi connectivity index (χ0n) is 5.75. The highest BCUT2D eigenvalue weighted by molar-refractivity contribution is 5.26. The molecule has 2 rings (SSSR count). The monoisotopic (exact) mass is 134 g/mol. The van der Waals surface area contributed by atoms with E-state index in [4.69, 9.17) is 5.73 Å². The third-order valence-corrected chi connectivity index (χ3v) is 1.92. The summed E-state index contributed by atoms with van der Waals surface area (Å²) in [7, 11) is 0. The number of fused-ring (bicyclic) bond motifs is 1. The van der Waals surface area contributed by atoms with E-state index < -0.39 is 0 Å². The Hall–Kier alpha value is -0.890. The van der Waals surface area contributed by atoms with Crippen LogP contribution in [0, 0.1) is 0 Å². The molecule has 2 heteroatoms. The van der Waals surface area contributed by atoms with Gasteiger partial charge in [-0.1, -0.05) is 6.07 Å². The Balaban J connectivity index is 2.42. The molecule has 0 radical (unpaired) electrons. The van der Waals surface area contributed by atoms with Crippen molar-refractivity contribution in [3.63, 3.8) is 0 Å². The van der Waals surface area contributed by atoms with E-state index in [1.54, 1.807) is 0 Å². The van der Waals surface area contributed by atoms with Gasteiger partial charge in [0.15, 0.2) is 0 Å². The molecular weight excluding hydrogens is 124 g/mol. The molecule has 0 bridgehead atoms. The van der Waals surface area contributed by atoms with Gasteiger partial charge in [0.1, 0.15) is 0 Å². The van der Waals surface area contributed by atoms with Crippen LogP contribution in [-0.2, 0) is 12.8 Å². The summed E-state index contributed by atoms with van der Waals surface area (Å²) in [6.45, 7) is 0. The average Bonchev–Trinajstić information content (AvgIpc) is 2.27. The molecule has 0 fully saturated rings. The topological polar surface area (TPSA) is 38.9 Å². The van der Waals surface area contributed by atoms with Crippen LogP contribution in [0.5, 0.6) is 0 Å². The lowest BCUT2D eigenvalue weighted by Gasteiger charge is -1.94. The van der Waals surface area contributed by atoms with Crippen molar-refractivity contribution in [2.75, 3.05) is 0 Å². The van der Waals surface area contributed by atoms with Crippen LogP contribution < -0.4 is 5.73 Å². The van der Waals surface area contributed by atoms with Crippen molar-refractivity contribution in [3.8, 4) is 0 Å². The number of hydrogen-bond acceptors (Lipinski definition) is 2. The third-order valence-electron chi connectivity index (χ3n) is 1.92. The molecule has 52 valence electrons. The SMILES string of the molecule is N[C@H]1Cc2cccnc2C1. The van der Waals surface area contributed by atoms with Crippen molar-refractivity contribution < 1.29 is 0 Å². The van der Waals surface area contributed by atoms with Gasteiger partial charge in [0.05, 0.1) is 0 Å². The highest BCUT2D eigenvalue weighted by atomic mass is 14.7. The van der Waals surface area contributed by atoms with Crippen LogP contribution in [0.2, 0.25) is 0 Å². The number of pyridine rings is 1. The third kappa shape index (κ3) is 0.809. The van der Waals surface area contributed by atoms with Crippen LogP contribution >= 0.6 is 0 Å². The largest absolute Gasteiger partial charge is 0.327 e. The molecular formula is C8H10N2. The summed E-state index contributed by atoms with van der Waals surface area (Å²) in [6.07, 6.45) is 3.79. The van der Waals surface area contributed by atoms with Gasteiger partial charge in [0.2, 0.25) is 0 Å². The maximum atomic E-state index is 5.74. The molecule has 1 heterocycles. The van der Waals surface area contributed by atoms with Crippen molar-refractivity contribution in [2.45, 2.75) is 18.9 Å². The summed E-state index contributed by atoms with van der Waals surface area (Å²) in [5, 5.41) is 0. The first-order chi connectivity index (χ1) is 4.86. The smallest absolute Gasteiger partial charge is 0.0451 e. The molecule has 0 spiro atoms. The molecule has 0 unspecified atom stereocenters. The van der Waals surface area contributed by atoms with Crippen LogP contribution in [0.25, 0.3) is 0 Å². The second kappa shape index (κ2) is 2.06. The van der Waals surface area contributed by atoms with Gasteiger partial charge in [0, 0.05) is 24.4 Å². The van der Waals surface area contributed by atoms with Gasteiger partial charge < -0.3 is 5.73 Å². The minimum atomic E-state index is 0.310. The summed E-state index contributed by atoms with van der Waals surface area (Å²) in [6, 6.07) is 4.39. The van der Waals surface area contributed by atoms with Crippen molar-refractivity contribution in [1.82, 2.24) is 4.98 Å². The summed E-state index contributed by atoms with van der Waals surface area (Å²) in [4.78, 5) is 4.23. The number of rotatable bonds is 0. The van der Waals surface area contributed by atoms with Crippen LogP contribution in [0.4, 0.5) is 0 Å².